The lowest BCUT2D eigenvalue weighted by atomic mass is 10.3. The van der Waals surface area contributed by atoms with E-state index in [0.29, 0.717) is 19.6 Å². The number of anilines is 1. The molecule has 0 saturated heterocycles. The standard InChI is InChI=1S/C9H17N3O2/c1-12-6-5-11-9(12)10-4-3-8(13)7-14-2/h5-6,8,13H,3-4,7H2,1-2H3,(H,10,11). The van der Waals surface area contributed by atoms with Crippen LogP contribution in [0, 0.1) is 0 Å². The van der Waals surface area contributed by atoms with Crippen LogP contribution < -0.4 is 5.32 Å². The SMILES string of the molecule is COCC(O)CCNc1nccn1C. The van der Waals surface area contributed by atoms with Crippen molar-refractivity contribution in [2.75, 3.05) is 25.6 Å². The van der Waals surface area contributed by atoms with Crippen LogP contribution in [0.2, 0.25) is 0 Å². The Hall–Kier alpha value is -1.07. The summed E-state index contributed by atoms with van der Waals surface area (Å²) in [5, 5.41) is 12.5. The number of aromatic nitrogens is 2. The second-order valence-corrected chi connectivity index (χ2v) is 3.19. The summed E-state index contributed by atoms with van der Waals surface area (Å²) >= 11 is 0. The lowest BCUT2D eigenvalue weighted by molar-refractivity contribution is 0.0615. The molecule has 1 atom stereocenters. The summed E-state index contributed by atoms with van der Waals surface area (Å²) in [4.78, 5) is 4.10. The molecule has 5 nitrogen and oxygen atoms in total. The fourth-order valence-corrected chi connectivity index (χ4v) is 1.16. The minimum atomic E-state index is -0.409. The number of aliphatic hydroxyl groups is 1. The summed E-state index contributed by atoms with van der Waals surface area (Å²) in [5.41, 5.74) is 0. The van der Waals surface area contributed by atoms with Gasteiger partial charge in [-0.15, -0.1) is 0 Å². The van der Waals surface area contributed by atoms with Crippen LogP contribution in [0.15, 0.2) is 12.4 Å². The number of imidazole rings is 1. The van der Waals surface area contributed by atoms with Gasteiger partial charge < -0.3 is 19.7 Å². The average Bonchev–Trinajstić information content (AvgIpc) is 2.52. The summed E-state index contributed by atoms with van der Waals surface area (Å²) in [6.45, 7) is 1.07. The lowest BCUT2D eigenvalue weighted by Crippen LogP contribution is -2.19. The number of nitrogens with zero attached hydrogens (tertiary/aromatic N) is 2. The van der Waals surface area contributed by atoms with Crippen molar-refractivity contribution in [2.45, 2.75) is 12.5 Å². The fourth-order valence-electron chi connectivity index (χ4n) is 1.16. The van der Waals surface area contributed by atoms with Gasteiger partial charge in [0, 0.05) is 33.1 Å². The number of hydrogen-bond acceptors (Lipinski definition) is 4. The van der Waals surface area contributed by atoms with Crippen LogP contribution in [0.4, 0.5) is 5.95 Å². The monoisotopic (exact) mass is 199 g/mol. The van der Waals surface area contributed by atoms with Gasteiger partial charge >= 0.3 is 0 Å². The molecule has 0 fully saturated rings. The molecule has 2 N–H and O–H groups in total. The maximum atomic E-state index is 9.35. The maximum Gasteiger partial charge on any atom is 0.202 e. The van der Waals surface area contributed by atoms with Gasteiger partial charge in [-0.1, -0.05) is 0 Å². The van der Waals surface area contributed by atoms with E-state index in [9.17, 15) is 5.11 Å². The Morgan fingerprint density at radius 1 is 1.71 bits per heavy atom. The predicted octanol–water partition coefficient (Wildman–Crippen LogP) is 0.229. The molecule has 0 aliphatic rings. The molecular formula is C9H17N3O2. The quantitative estimate of drug-likeness (QED) is 0.688. The molecular weight excluding hydrogens is 182 g/mol. The van der Waals surface area contributed by atoms with E-state index >= 15 is 0 Å². The van der Waals surface area contributed by atoms with Crippen molar-refractivity contribution in [3.8, 4) is 0 Å². The van der Waals surface area contributed by atoms with Gasteiger partial charge in [0.15, 0.2) is 0 Å². The van der Waals surface area contributed by atoms with E-state index in [4.69, 9.17) is 4.74 Å². The summed E-state index contributed by atoms with van der Waals surface area (Å²) < 4.78 is 6.71. The number of rotatable bonds is 6. The summed E-state index contributed by atoms with van der Waals surface area (Å²) in [5.74, 6) is 0.814. The third kappa shape index (κ3) is 3.35. The highest BCUT2D eigenvalue weighted by molar-refractivity contribution is 5.24. The van der Waals surface area contributed by atoms with Gasteiger partial charge in [-0.05, 0) is 6.42 Å². The Morgan fingerprint density at radius 2 is 2.50 bits per heavy atom. The fraction of sp³-hybridized carbons (Fsp3) is 0.667. The third-order valence-corrected chi connectivity index (χ3v) is 1.94. The van der Waals surface area contributed by atoms with Crippen LogP contribution in [-0.2, 0) is 11.8 Å². The molecule has 0 spiro atoms. The normalized spacial score (nSPS) is 12.8. The van der Waals surface area contributed by atoms with E-state index in [1.807, 2.05) is 17.8 Å². The van der Waals surface area contributed by atoms with E-state index < -0.39 is 6.10 Å². The zero-order valence-electron chi connectivity index (χ0n) is 8.60. The number of aliphatic hydroxyl groups excluding tert-OH is 1. The molecule has 0 aliphatic carbocycles. The van der Waals surface area contributed by atoms with Gasteiger partial charge in [0.1, 0.15) is 0 Å². The smallest absolute Gasteiger partial charge is 0.202 e. The van der Waals surface area contributed by atoms with Gasteiger partial charge in [-0.3, -0.25) is 0 Å². The van der Waals surface area contributed by atoms with Gasteiger partial charge in [0.05, 0.1) is 12.7 Å². The number of ether oxygens (including phenoxy) is 1. The van der Waals surface area contributed by atoms with Crippen molar-refractivity contribution < 1.29 is 9.84 Å². The molecule has 0 saturated carbocycles. The zero-order valence-corrected chi connectivity index (χ0v) is 8.60. The summed E-state index contributed by atoms with van der Waals surface area (Å²) in [6, 6.07) is 0. The Kier molecular flexibility index (Phi) is 4.42. The lowest BCUT2D eigenvalue weighted by Gasteiger charge is -2.10. The van der Waals surface area contributed by atoms with Gasteiger partial charge in [-0.25, -0.2) is 4.98 Å². The van der Waals surface area contributed by atoms with Crippen molar-refractivity contribution in [2.24, 2.45) is 7.05 Å². The summed E-state index contributed by atoms with van der Waals surface area (Å²) in [7, 11) is 3.50. The number of aryl methyl sites for hydroxylation is 1. The van der Waals surface area contributed by atoms with Gasteiger partial charge in [-0.2, -0.15) is 0 Å². The van der Waals surface area contributed by atoms with E-state index in [1.165, 1.54) is 0 Å². The topological polar surface area (TPSA) is 59.3 Å². The molecule has 80 valence electrons. The molecule has 0 bridgehead atoms. The van der Waals surface area contributed by atoms with Crippen molar-refractivity contribution in [1.29, 1.82) is 0 Å². The van der Waals surface area contributed by atoms with Gasteiger partial charge in [0.2, 0.25) is 5.95 Å². The van der Waals surface area contributed by atoms with E-state index in [-0.39, 0.29) is 0 Å². The van der Waals surface area contributed by atoms with Crippen LogP contribution in [0.1, 0.15) is 6.42 Å². The Bertz CT molecular complexity index is 262. The van der Waals surface area contributed by atoms with Crippen molar-refractivity contribution >= 4 is 5.95 Å². The molecule has 1 aromatic heterocycles. The van der Waals surface area contributed by atoms with E-state index in [1.54, 1.807) is 13.3 Å². The molecule has 1 aromatic rings. The Morgan fingerprint density at radius 3 is 3.07 bits per heavy atom. The molecule has 1 heterocycles. The minimum Gasteiger partial charge on any atom is -0.391 e. The van der Waals surface area contributed by atoms with Crippen LogP contribution >= 0.6 is 0 Å². The second kappa shape index (κ2) is 5.62. The first-order chi connectivity index (χ1) is 6.74. The van der Waals surface area contributed by atoms with E-state index in [2.05, 4.69) is 10.3 Å². The number of methoxy groups -OCH3 is 1. The largest absolute Gasteiger partial charge is 0.391 e. The first-order valence-corrected chi connectivity index (χ1v) is 4.62. The van der Waals surface area contributed by atoms with E-state index in [0.717, 1.165) is 5.95 Å². The Balaban J connectivity index is 2.19. The first-order valence-electron chi connectivity index (χ1n) is 4.62. The van der Waals surface area contributed by atoms with Crippen LogP contribution in [0.25, 0.3) is 0 Å². The number of hydrogen-bond donors (Lipinski definition) is 2. The maximum absolute atomic E-state index is 9.35. The molecule has 0 amide bonds. The highest BCUT2D eigenvalue weighted by Gasteiger charge is 2.03. The van der Waals surface area contributed by atoms with Crippen molar-refractivity contribution in [3.63, 3.8) is 0 Å². The summed E-state index contributed by atoms with van der Waals surface area (Å²) in [6.07, 6.45) is 3.84. The average molecular weight is 199 g/mol. The zero-order chi connectivity index (χ0) is 10.4. The molecule has 14 heavy (non-hydrogen) atoms. The molecule has 0 radical (unpaired) electrons. The van der Waals surface area contributed by atoms with Crippen molar-refractivity contribution in [3.05, 3.63) is 12.4 Å². The predicted molar refractivity (Wildman–Crippen MR) is 54.2 cm³/mol. The molecule has 5 heteroatoms. The van der Waals surface area contributed by atoms with Crippen LogP contribution in [0.3, 0.4) is 0 Å². The molecule has 1 unspecified atom stereocenters. The molecule has 1 rings (SSSR count). The first kappa shape index (κ1) is 11.0. The van der Waals surface area contributed by atoms with Crippen molar-refractivity contribution in [1.82, 2.24) is 9.55 Å². The molecule has 0 aliphatic heterocycles. The number of nitrogens with one attached hydrogen (secondary N) is 1. The van der Waals surface area contributed by atoms with Gasteiger partial charge in [0.25, 0.3) is 0 Å². The van der Waals surface area contributed by atoms with Crippen LogP contribution in [0.5, 0.6) is 0 Å². The third-order valence-electron chi connectivity index (χ3n) is 1.94. The highest BCUT2D eigenvalue weighted by Crippen LogP contribution is 2.01. The minimum absolute atomic E-state index is 0.377. The Labute approximate surface area is 83.7 Å². The van der Waals surface area contributed by atoms with Crippen LogP contribution in [-0.4, -0.2) is 41.0 Å². The second-order valence-electron chi connectivity index (χ2n) is 3.19. The molecule has 0 aromatic carbocycles. The highest BCUT2D eigenvalue weighted by atomic mass is 16.5.